The molecule has 9 heteroatoms. The van der Waals surface area contributed by atoms with E-state index in [4.69, 9.17) is 4.74 Å². The number of fused-ring (bicyclic) bond motifs is 1. The molecule has 2 aromatic heterocycles. The lowest BCUT2D eigenvalue weighted by atomic mass is 10.2. The van der Waals surface area contributed by atoms with Crippen molar-refractivity contribution in [3.05, 3.63) is 50.7 Å². The average Bonchev–Trinajstić information content (AvgIpc) is 3.02. The van der Waals surface area contributed by atoms with Crippen molar-refractivity contribution < 1.29 is 9.84 Å². The summed E-state index contributed by atoms with van der Waals surface area (Å²) < 4.78 is 9.51. The van der Waals surface area contributed by atoms with Crippen molar-refractivity contribution in [2.24, 2.45) is 14.1 Å². The van der Waals surface area contributed by atoms with Gasteiger partial charge in [0, 0.05) is 26.2 Å². The van der Waals surface area contributed by atoms with Crippen LogP contribution in [0.3, 0.4) is 0 Å². The van der Waals surface area contributed by atoms with E-state index in [0.29, 0.717) is 23.8 Å². The minimum absolute atomic E-state index is 0.253. The number of benzene rings is 1. The lowest BCUT2D eigenvalue weighted by Crippen LogP contribution is -2.37. The number of rotatable bonds is 6. The van der Waals surface area contributed by atoms with Gasteiger partial charge in [-0.1, -0.05) is 18.2 Å². The van der Waals surface area contributed by atoms with Crippen molar-refractivity contribution in [3.8, 4) is 5.75 Å². The number of aryl methyl sites for hydroxylation is 1. The number of nitrogens with zero attached hydrogens (tertiary/aromatic N) is 4. The molecule has 3 rings (SSSR count). The number of aromatic nitrogens is 4. The smallest absolute Gasteiger partial charge is 0.332 e. The van der Waals surface area contributed by atoms with Gasteiger partial charge in [0.2, 0.25) is 5.95 Å². The molecule has 0 saturated heterocycles. The van der Waals surface area contributed by atoms with Crippen LogP contribution in [-0.4, -0.2) is 43.6 Å². The zero-order valence-electron chi connectivity index (χ0n) is 15.8. The van der Waals surface area contributed by atoms with Gasteiger partial charge >= 0.3 is 5.69 Å². The summed E-state index contributed by atoms with van der Waals surface area (Å²) in [5.74, 6) is 1.08. The van der Waals surface area contributed by atoms with Crippen LogP contribution in [0.15, 0.2) is 33.9 Å². The van der Waals surface area contributed by atoms with E-state index in [2.05, 4.69) is 10.3 Å². The molecule has 9 nitrogen and oxygen atoms in total. The standard InChI is InChI=1S/C18H23N5O4/c1-11(24)9-19-17-20-15-14(16(25)22(3)18(26)21(15)2)23(17)10-12-7-5-6-8-13(12)27-4/h5-8,11,24H,9-10H2,1-4H3,(H,19,20). The monoisotopic (exact) mass is 373 g/mol. The summed E-state index contributed by atoms with van der Waals surface area (Å²) in [6, 6.07) is 7.48. The maximum absolute atomic E-state index is 12.8. The van der Waals surface area contributed by atoms with E-state index in [0.717, 1.165) is 10.1 Å². The minimum Gasteiger partial charge on any atom is -0.496 e. The molecule has 0 amide bonds. The predicted octanol–water partition coefficient (Wildman–Crippen LogP) is 0.283. The summed E-state index contributed by atoms with van der Waals surface area (Å²) >= 11 is 0. The van der Waals surface area contributed by atoms with Crippen molar-refractivity contribution in [1.82, 2.24) is 18.7 Å². The minimum atomic E-state index is -0.601. The zero-order valence-corrected chi connectivity index (χ0v) is 15.8. The highest BCUT2D eigenvalue weighted by Gasteiger charge is 2.20. The Kier molecular flexibility index (Phi) is 5.04. The Bertz CT molecular complexity index is 1090. The van der Waals surface area contributed by atoms with Crippen LogP contribution in [0, 0.1) is 0 Å². The van der Waals surface area contributed by atoms with Gasteiger partial charge in [0.1, 0.15) is 5.75 Å². The third-order valence-corrected chi connectivity index (χ3v) is 4.42. The normalized spacial score (nSPS) is 12.3. The number of imidazole rings is 1. The van der Waals surface area contributed by atoms with E-state index in [9.17, 15) is 14.7 Å². The number of hydrogen-bond acceptors (Lipinski definition) is 6. The topological polar surface area (TPSA) is 103 Å². The summed E-state index contributed by atoms with van der Waals surface area (Å²) in [7, 11) is 4.59. The van der Waals surface area contributed by atoms with Crippen LogP contribution in [0.25, 0.3) is 11.2 Å². The first-order chi connectivity index (χ1) is 12.8. The Balaban J connectivity index is 2.25. The van der Waals surface area contributed by atoms with Gasteiger partial charge in [0.15, 0.2) is 11.2 Å². The molecule has 0 bridgehead atoms. The number of aliphatic hydroxyl groups is 1. The van der Waals surface area contributed by atoms with E-state index in [1.807, 2.05) is 24.3 Å². The molecule has 3 aromatic rings. The summed E-state index contributed by atoms with van der Waals surface area (Å²) in [6.45, 7) is 2.22. The Hall–Kier alpha value is -3.07. The average molecular weight is 373 g/mol. The second kappa shape index (κ2) is 7.28. The molecular formula is C18H23N5O4. The zero-order chi connectivity index (χ0) is 19.7. The van der Waals surface area contributed by atoms with Crippen molar-refractivity contribution >= 4 is 17.1 Å². The fourth-order valence-electron chi connectivity index (χ4n) is 2.98. The Labute approximate surface area is 155 Å². The first-order valence-corrected chi connectivity index (χ1v) is 8.55. The molecule has 0 radical (unpaired) electrons. The fourth-order valence-corrected chi connectivity index (χ4v) is 2.98. The predicted molar refractivity (Wildman–Crippen MR) is 102 cm³/mol. The number of hydrogen-bond donors (Lipinski definition) is 2. The molecule has 144 valence electrons. The van der Waals surface area contributed by atoms with Gasteiger partial charge in [-0.15, -0.1) is 0 Å². The summed E-state index contributed by atoms with van der Waals surface area (Å²) in [4.78, 5) is 29.5. The van der Waals surface area contributed by atoms with Gasteiger partial charge in [0.25, 0.3) is 5.56 Å². The van der Waals surface area contributed by atoms with E-state index in [1.165, 1.54) is 11.6 Å². The Morgan fingerprint density at radius 1 is 1.22 bits per heavy atom. The Morgan fingerprint density at radius 3 is 2.59 bits per heavy atom. The second-order valence-electron chi connectivity index (χ2n) is 6.44. The first-order valence-electron chi connectivity index (χ1n) is 8.55. The van der Waals surface area contributed by atoms with E-state index in [-0.39, 0.29) is 12.2 Å². The molecule has 1 atom stereocenters. The highest BCUT2D eigenvalue weighted by atomic mass is 16.5. The highest BCUT2D eigenvalue weighted by Crippen LogP contribution is 2.23. The number of anilines is 1. The quantitative estimate of drug-likeness (QED) is 0.643. The molecule has 0 fully saturated rings. The van der Waals surface area contributed by atoms with Crippen LogP contribution >= 0.6 is 0 Å². The van der Waals surface area contributed by atoms with Crippen LogP contribution in [0.5, 0.6) is 5.75 Å². The summed E-state index contributed by atoms with van der Waals surface area (Å²) in [5.41, 5.74) is 0.567. The molecule has 2 N–H and O–H groups in total. The van der Waals surface area contributed by atoms with E-state index in [1.54, 1.807) is 25.6 Å². The van der Waals surface area contributed by atoms with Crippen LogP contribution in [0.1, 0.15) is 12.5 Å². The fraction of sp³-hybridized carbons (Fsp3) is 0.389. The van der Waals surface area contributed by atoms with E-state index < -0.39 is 17.4 Å². The number of ether oxygens (including phenoxy) is 1. The summed E-state index contributed by atoms with van der Waals surface area (Å²) in [5, 5.41) is 12.7. The third kappa shape index (κ3) is 3.33. The van der Waals surface area contributed by atoms with Crippen molar-refractivity contribution in [1.29, 1.82) is 0 Å². The lowest BCUT2D eigenvalue weighted by molar-refractivity contribution is 0.208. The Morgan fingerprint density at radius 2 is 1.93 bits per heavy atom. The highest BCUT2D eigenvalue weighted by molar-refractivity contribution is 5.74. The number of methoxy groups -OCH3 is 1. The molecule has 0 spiro atoms. The van der Waals surface area contributed by atoms with Gasteiger partial charge in [-0.25, -0.2) is 4.79 Å². The van der Waals surface area contributed by atoms with Gasteiger partial charge in [-0.05, 0) is 13.0 Å². The SMILES string of the molecule is COc1ccccc1Cn1c(NCC(C)O)nc2c1c(=O)n(C)c(=O)n2C. The largest absolute Gasteiger partial charge is 0.496 e. The van der Waals surface area contributed by atoms with Gasteiger partial charge < -0.3 is 15.2 Å². The number of aliphatic hydroxyl groups excluding tert-OH is 1. The molecule has 0 saturated carbocycles. The maximum Gasteiger partial charge on any atom is 0.332 e. The van der Waals surface area contributed by atoms with Crippen LogP contribution in [0.2, 0.25) is 0 Å². The van der Waals surface area contributed by atoms with Gasteiger partial charge in [-0.3, -0.25) is 18.5 Å². The van der Waals surface area contributed by atoms with E-state index >= 15 is 0 Å². The molecular weight excluding hydrogens is 350 g/mol. The van der Waals surface area contributed by atoms with Gasteiger partial charge in [0.05, 0.1) is 19.8 Å². The van der Waals surface area contributed by atoms with Crippen LogP contribution in [0.4, 0.5) is 5.95 Å². The van der Waals surface area contributed by atoms with Gasteiger partial charge in [-0.2, -0.15) is 4.98 Å². The maximum atomic E-state index is 12.8. The number of nitrogens with one attached hydrogen (secondary N) is 1. The first kappa shape index (κ1) is 18.7. The molecule has 1 unspecified atom stereocenters. The molecule has 0 aliphatic carbocycles. The van der Waals surface area contributed by atoms with Crippen molar-refractivity contribution in [2.75, 3.05) is 19.0 Å². The van der Waals surface area contributed by atoms with Crippen LogP contribution in [-0.2, 0) is 20.6 Å². The third-order valence-electron chi connectivity index (χ3n) is 4.42. The van der Waals surface area contributed by atoms with Crippen molar-refractivity contribution in [3.63, 3.8) is 0 Å². The molecule has 27 heavy (non-hydrogen) atoms. The molecule has 0 aliphatic heterocycles. The van der Waals surface area contributed by atoms with Crippen molar-refractivity contribution in [2.45, 2.75) is 19.6 Å². The lowest BCUT2D eigenvalue weighted by Gasteiger charge is -2.14. The summed E-state index contributed by atoms with van der Waals surface area (Å²) in [6.07, 6.45) is -0.601. The molecule has 1 aromatic carbocycles. The molecule has 0 aliphatic rings. The van der Waals surface area contributed by atoms with Crippen LogP contribution < -0.4 is 21.3 Å². The molecule has 2 heterocycles. The second-order valence-corrected chi connectivity index (χ2v) is 6.44. The number of para-hydroxylation sites is 1.